The standard InChI is InChI=1S/C12H15BrN2/c1-12(2,3)8-15-7-5-9-10(13)4-6-14-11(9)15/h4-7H,8H2,1-3H3. The minimum absolute atomic E-state index is 0.274. The zero-order valence-corrected chi connectivity index (χ0v) is 10.9. The lowest BCUT2D eigenvalue weighted by Crippen LogP contribution is -2.14. The van der Waals surface area contributed by atoms with Crippen molar-refractivity contribution in [2.45, 2.75) is 27.3 Å². The van der Waals surface area contributed by atoms with Crippen molar-refractivity contribution in [2.75, 3.05) is 0 Å². The molecule has 0 radical (unpaired) electrons. The van der Waals surface area contributed by atoms with Crippen LogP contribution in [0.5, 0.6) is 0 Å². The quantitative estimate of drug-likeness (QED) is 0.767. The summed E-state index contributed by atoms with van der Waals surface area (Å²) in [6.07, 6.45) is 3.94. The van der Waals surface area contributed by atoms with E-state index in [1.54, 1.807) is 0 Å². The van der Waals surface area contributed by atoms with Crippen molar-refractivity contribution in [3.63, 3.8) is 0 Å². The molecule has 0 bridgehead atoms. The van der Waals surface area contributed by atoms with Gasteiger partial charge in [0.15, 0.2) is 0 Å². The fourth-order valence-corrected chi connectivity index (χ4v) is 2.12. The maximum Gasteiger partial charge on any atom is 0.140 e. The first-order chi connectivity index (χ1) is 6.97. The Morgan fingerprint density at radius 1 is 1.33 bits per heavy atom. The van der Waals surface area contributed by atoms with Gasteiger partial charge in [0.1, 0.15) is 5.65 Å². The van der Waals surface area contributed by atoms with Gasteiger partial charge in [-0.1, -0.05) is 20.8 Å². The molecule has 0 saturated carbocycles. The summed E-state index contributed by atoms with van der Waals surface area (Å²) >= 11 is 3.54. The van der Waals surface area contributed by atoms with Crippen molar-refractivity contribution in [1.82, 2.24) is 9.55 Å². The van der Waals surface area contributed by atoms with Crippen LogP contribution in [0.3, 0.4) is 0 Å². The van der Waals surface area contributed by atoms with Gasteiger partial charge in [0.05, 0.1) is 0 Å². The third-order valence-electron chi connectivity index (χ3n) is 2.25. The number of aromatic nitrogens is 2. The molecule has 2 aromatic heterocycles. The van der Waals surface area contributed by atoms with E-state index in [0.717, 1.165) is 16.7 Å². The molecule has 2 heterocycles. The molecule has 0 fully saturated rings. The molecule has 0 spiro atoms. The number of fused-ring (bicyclic) bond motifs is 1. The predicted molar refractivity (Wildman–Crippen MR) is 66.9 cm³/mol. The van der Waals surface area contributed by atoms with E-state index < -0.39 is 0 Å². The Labute approximate surface area is 98.4 Å². The molecule has 3 heteroatoms. The van der Waals surface area contributed by atoms with E-state index >= 15 is 0 Å². The molecule has 0 amide bonds. The van der Waals surface area contributed by atoms with E-state index in [1.807, 2.05) is 12.3 Å². The highest BCUT2D eigenvalue weighted by Gasteiger charge is 2.13. The molecule has 0 aliphatic carbocycles. The van der Waals surface area contributed by atoms with Crippen LogP contribution in [-0.2, 0) is 6.54 Å². The second kappa shape index (κ2) is 3.63. The fourth-order valence-electron chi connectivity index (χ4n) is 1.70. The topological polar surface area (TPSA) is 17.8 Å². The Hall–Kier alpha value is -0.830. The maximum atomic E-state index is 4.42. The molecule has 0 saturated heterocycles. The monoisotopic (exact) mass is 266 g/mol. The highest BCUT2D eigenvalue weighted by Crippen LogP contribution is 2.25. The highest BCUT2D eigenvalue weighted by atomic mass is 79.9. The molecule has 0 unspecified atom stereocenters. The van der Waals surface area contributed by atoms with Crippen LogP contribution in [-0.4, -0.2) is 9.55 Å². The summed E-state index contributed by atoms with van der Waals surface area (Å²) < 4.78 is 3.32. The Morgan fingerprint density at radius 3 is 2.73 bits per heavy atom. The fraction of sp³-hybridized carbons (Fsp3) is 0.417. The average Bonchev–Trinajstić information content (AvgIpc) is 2.48. The third kappa shape index (κ3) is 2.23. The first kappa shape index (κ1) is 10.7. The van der Waals surface area contributed by atoms with Crippen molar-refractivity contribution >= 4 is 27.0 Å². The molecular formula is C12H15BrN2. The molecule has 0 atom stereocenters. The number of pyridine rings is 1. The van der Waals surface area contributed by atoms with Crippen LogP contribution < -0.4 is 0 Å². The summed E-state index contributed by atoms with van der Waals surface area (Å²) in [6.45, 7) is 7.68. The lowest BCUT2D eigenvalue weighted by atomic mass is 9.97. The molecule has 2 aromatic rings. The molecule has 0 N–H and O–H groups in total. The van der Waals surface area contributed by atoms with Crippen LogP contribution in [0.1, 0.15) is 20.8 Å². The summed E-state index contributed by atoms with van der Waals surface area (Å²) in [4.78, 5) is 4.42. The Bertz CT molecular complexity index is 480. The van der Waals surface area contributed by atoms with E-state index in [0.29, 0.717) is 0 Å². The van der Waals surface area contributed by atoms with E-state index in [4.69, 9.17) is 0 Å². The zero-order chi connectivity index (χ0) is 11.1. The molecule has 0 aliphatic rings. The Kier molecular flexibility index (Phi) is 2.59. The lowest BCUT2D eigenvalue weighted by molar-refractivity contribution is 0.348. The number of rotatable bonds is 1. The van der Waals surface area contributed by atoms with Crippen LogP contribution in [0.25, 0.3) is 11.0 Å². The minimum atomic E-state index is 0.274. The number of halogens is 1. The number of hydrogen-bond donors (Lipinski definition) is 0. The van der Waals surface area contributed by atoms with Gasteiger partial charge in [0.25, 0.3) is 0 Å². The predicted octanol–water partition coefficient (Wildman–Crippen LogP) is 3.84. The highest BCUT2D eigenvalue weighted by molar-refractivity contribution is 9.10. The van der Waals surface area contributed by atoms with Gasteiger partial charge in [-0.25, -0.2) is 4.98 Å². The van der Waals surface area contributed by atoms with Crippen molar-refractivity contribution < 1.29 is 0 Å². The molecule has 2 rings (SSSR count). The summed E-state index contributed by atoms with van der Waals surface area (Å²) in [5.41, 5.74) is 1.33. The third-order valence-corrected chi connectivity index (χ3v) is 2.95. The molecule has 80 valence electrons. The Balaban J connectivity index is 2.50. The second-order valence-corrected chi connectivity index (χ2v) is 5.89. The van der Waals surface area contributed by atoms with Crippen molar-refractivity contribution in [3.05, 3.63) is 29.0 Å². The van der Waals surface area contributed by atoms with Crippen LogP contribution in [0.4, 0.5) is 0 Å². The van der Waals surface area contributed by atoms with Gasteiger partial charge in [0, 0.05) is 28.8 Å². The molecule has 15 heavy (non-hydrogen) atoms. The largest absolute Gasteiger partial charge is 0.332 e. The minimum Gasteiger partial charge on any atom is -0.332 e. The van der Waals surface area contributed by atoms with Crippen LogP contribution >= 0.6 is 15.9 Å². The van der Waals surface area contributed by atoms with Crippen LogP contribution in [0, 0.1) is 5.41 Å². The molecular weight excluding hydrogens is 252 g/mol. The van der Waals surface area contributed by atoms with Crippen LogP contribution in [0.2, 0.25) is 0 Å². The Morgan fingerprint density at radius 2 is 2.07 bits per heavy atom. The van der Waals surface area contributed by atoms with E-state index in [1.165, 1.54) is 5.39 Å². The van der Waals surface area contributed by atoms with Gasteiger partial charge in [-0.2, -0.15) is 0 Å². The molecule has 2 nitrogen and oxygen atoms in total. The van der Waals surface area contributed by atoms with Gasteiger partial charge in [-0.3, -0.25) is 0 Å². The molecule has 0 aromatic carbocycles. The van der Waals surface area contributed by atoms with E-state index in [2.05, 4.69) is 58.5 Å². The lowest BCUT2D eigenvalue weighted by Gasteiger charge is -2.19. The normalized spacial score (nSPS) is 12.3. The van der Waals surface area contributed by atoms with Gasteiger partial charge in [-0.05, 0) is 33.5 Å². The van der Waals surface area contributed by atoms with Crippen LogP contribution in [0.15, 0.2) is 29.0 Å². The van der Waals surface area contributed by atoms with Gasteiger partial charge >= 0.3 is 0 Å². The second-order valence-electron chi connectivity index (χ2n) is 5.03. The average molecular weight is 267 g/mol. The first-order valence-corrected chi connectivity index (χ1v) is 5.86. The van der Waals surface area contributed by atoms with Gasteiger partial charge in [-0.15, -0.1) is 0 Å². The van der Waals surface area contributed by atoms with Gasteiger partial charge < -0.3 is 4.57 Å². The summed E-state index contributed by atoms with van der Waals surface area (Å²) in [7, 11) is 0. The molecule has 0 aliphatic heterocycles. The van der Waals surface area contributed by atoms with Gasteiger partial charge in [0.2, 0.25) is 0 Å². The maximum absolute atomic E-state index is 4.42. The van der Waals surface area contributed by atoms with E-state index in [9.17, 15) is 0 Å². The number of nitrogens with zero attached hydrogens (tertiary/aromatic N) is 2. The van der Waals surface area contributed by atoms with E-state index in [-0.39, 0.29) is 5.41 Å². The van der Waals surface area contributed by atoms with Crippen molar-refractivity contribution in [2.24, 2.45) is 5.41 Å². The number of hydrogen-bond acceptors (Lipinski definition) is 1. The zero-order valence-electron chi connectivity index (χ0n) is 9.29. The summed E-state index contributed by atoms with van der Waals surface area (Å²) in [6, 6.07) is 4.09. The van der Waals surface area contributed by atoms with Crippen molar-refractivity contribution in [1.29, 1.82) is 0 Å². The van der Waals surface area contributed by atoms with Crippen molar-refractivity contribution in [3.8, 4) is 0 Å². The summed E-state index contributed by atoms with van der Waals surface area (Å²) in [5.74, 6) is 0. The summed E-state index contributed by atoms with van der Waals surface area (Å²) in [5, 5.41) is 1.18. The smallest absolute Gasteiger partial charge is 0.140 e. The SMILES string of the molecule is CC(C)(C)Cn1ccc2c(Br)ccnc21. The first-order valence-electron chi connectivity index (χ1n) is 5.07.